The van der Waals surface area contributed by atoms with Crippen LogP contribution in [0, 0.1) is 0 Å². The number of hydrogen-bond donors (Lipinski definition) is 2. The first-order chi connectivity index (χ1) is 7.52. The lowest BCUT2D eigenvalue weighted by molar-refractivity contribution is 0.0833. The lowest BCUT2D eigenvalue weighted by Gasteiger charge is -2.43. The van der Waals surface area contributed by atoms with Crippen molar-refractivity contribution in [1.82, 2.24) is 9.80 Å². The molecule has 1 heterocycles. The maximum atomic E-state index is 8.76. The Morgan fingerprint density at radius 2 is 1.88 bits per heavy atom. The SMILES string of the molecule is CCCN1CCN(C(C)(C)C(N)=NO)CC1. The average molecular weight is 228 g/mol. The van der Waals surface area contributed by atoms with Gasteiger partial charge in [-0.1, -0.05) is 12.1 Å². The number of nitrogens with two attached hydrogens (primary N) is 1. The second-order valence-corrected chi connectivity index (χ2v) is 4.87. The van der Waals surface area contributed by atoms with Gasteiger partial charge in [0.25, 0.3) is 0 Å². The van der Waals surface area contributed by atoms with Gasteiger partial charge in [0.2, 0.25) is 0 Å². The lowest BCUT2D eigenvalue weighted by Crippen LogP contribution is -2.59. The Kier molecular flexibility index (Phi) is 4.56. The minimum absolute atomic E-state index is 0.288. The van der Waals surface area contributed by atoms with E-state index in [0.717, 1.165) is 32.7 Å². The van der Waals surface area contributed by atoms with Gasteiger partial charge in [0.05, 0.1) is 5.54 Å². The van der Waals surface area contributed by atoms with Crippen LogP contribution in [0.25, 0.3) is 0 Å². The molecule has 0 bridgehead atoms. The molecule has 5 heteroatoms. The zero-order valence-corrected chi connectivity index (χ0v) is 10.6. The van der Waals surface area contributed by atoms with Gasteiger partial charge >= 0.3 is 0 Å². The van der Waals surface area contributed by atoms with Gasteiger partial charge in [-0.05, 0) is 26.8 Å². The summed E-state index contributed by atoms with van der Waals surface area (Å²) in [4.78, 5) is 4.73. The van der Waals surface area contributed by atoms with Crippen LogP contribution in [-0.4, -0.2) is 59.1 Å². The Labute approximate surface area is 97.9 Å². The van der Waals surface area contributed by atoms with E-state index in [1.54, 1.807) is 0 Å². The Morgan fingerprint density at radius 3 is 2.31 bits per heavy atom. The first-order valence-corrected chi connectivity index (χ1v) is 5.97. The lowest BCUT2D eigenvalue weighted by atomic mass is 10.0. The van der Waals surface area contributed by atoms with Crippen LogP contribution in [0.2, 0.25) is 0 Å². The molecule has 1 saturated heterocycles. The van der Waals surface area contributed by atoms with Crippen LogP contribution in [0.15, 0.2) is 5.16 Å². The van der Waals surface area contributed by atoms with E-state index in [9.17, 15) is 0 Å². The number of rotatable bonds is 4. The van der Waals surface area contributed by atoms with Crippen LogP contribution in [0.5, 0.6) is 0 Å². The van der Waals surface area contributed by atoms with Crippen molar-refractivity contribution >= 4 is 5.84 Å². The van der Waals surface area contributed by atoms with Gasteiger partial charge in [-0.2, -0.15) is 0 Å². The van der Waals surface area contributed by atoms with Crippen molar-refractivity contribution in [1.29, 1.82) is 0 Å². The van der Waals surface area contributed by atoms with E-state index >= 15 is 0 Å². The maximum absolute atomic E-state index is 8.76. The van der Waals surface area contributed by atoms with Crippen LogP contribution in [-0.2, 0) is 0 Å². The Morgan fingerprint density at radius 1 is 1.31 bits per heavy atom. The molecule has 0 aromatic rings. The van der Waals surface area contributed by atoms with Crippen LogP contribution < -0.4 is 5.73 Å². The third kappa shape index (κ3) is 2.86. The summed E-state index contributed by atoms with van der Waals surface area (Å²) in [5.74, 6) is 0.288. The first kappa shape index (κ1) is 13.3. The molecule has 1 rings (SSSR count). The molecule has 0 unspecified atom stereocenters. The number of nitrogens with zero attached hydrogens (tertiary/aromatic N) is 3. The fourth-order valence-corrected chi connectivity index (χ4v) is 2.13. The van der Waals surface area contributed by atoms with Gasteiger partial charge in [0.1, 0.15) is 0 Å². The summed E-state index contributed by atoms with van der Waals surface area (Å²) in [6, 6.07) is 0. The molecular formula is C11H24N4O. The van der Waals surface area contributed by atoms with Crippen molar-refractivity contribution in [3.63, 3.8) is 0 Å². The van der Waals surface area contributed by atoms with Crippen LogP contribution in [0.1, 0.15) is 27.2 Å². The summed E-state index contributed by atoms with van der Waals surface area (Å²) in [6.45, 7) is 11.4. The Bertz CT molecular complexity index is 244. The molecule has 1 fully saturated rings. The summed E-state index contributed by atoms with van der Waals surface area (Å²) in [7, 11) is 0. The normalized spacial score (nSPS) is 21.3. The molecule has 0 saturated carbocycles. The van der Waals surface area contributed by atoms with E-state index in [1.807, 2.05) is 13.8 Å². The van der Waals surface area contributed by atoms with E-state index in [4.69, 9.17) is 10.9 Å². The predicted molar refractivity (Wildman–Crippen MR) is 65.8 cm³/mol. The molecule has 0 spiro atoms. The summed E-state index contributed by atoms with van der Waals surface area (Å²) < 4.78 is 0. The number of piperazine rings is 1. The van der Waals surface area contributed by atoms with Crippen molar-refractivity contribution in [3.05, 3.63) is 0 Å². The standard InChI is InChI=1S/C11H24N4O/c1-4-5-14-6-8-15(9-7-14)11(2,3)10(12)13-16/h16H,4-9H2,1-3H3,(H2,12,13). The largest absolute Gasteiger partial charge is 0.409 e. The van der Waals surface area contributed by atoms with E-state index in [0.29, 0.717) is 0 Å². The van der Waals surface area contributed by atoms with Gasteiger partial charge in [0, 0.05) is 26.2 Å². The molecule has 0 aromatic carbocycles. The van der Waals surface area contributed by atoms with Gasteiger partial charge in [-0.3, -0.25) is 4.90 Å². The average Bonchev–Trinajstić information content (AvgIpc) is 2.29. The highest BCUT2D eigenvalue weighted by Gasteiger charge is 2.33. The summed E-state index contributed by atoms with van der Waals surface area (Å²) >= 11 is 0. The minimum Gasteiger partial charge on any atom is -0.409 e. The predicted octanol–water partition coefficient (Wildman–Crippen LogP) is 0.539. The molecule has 5 nitrogen and oxygen atoms in total. The highest BCUT2D eigenvalue weighted by molar-refractivity contribution is 5.88. The van der Waals surface area contributed by atoms with Gasteiger partial charge in [-0.15, -0.1) is 0 Å². The van der Waals surface area contributed by atoms with E-state index in [-0.39, 0.29) is 11.4 Å². The molecule has 0 aromatic heterocycles. The van der Waals surface area contributed by atoms with Crippen molar-refractivity contribution in [2.75, 3.05) is 32.7 Å². The minimum atomic E-state index is -0.354. The molecule has 1 aliphatic heterocycles. The maximum Gasteiger partial charge on any atom is 0.159 e. The fraction of sp³-hybridized carbons (Fsp3) is 0.909. The first-order valence-electron chi connectivity index (χ1n) is 5.97. The molecule has 0 atom stereocenters. The molecule has 0 amide bonds. The quantitative estimate of drug-likeness (QED) is 0.319. The van der Waals surface area contributed by atoms with Crippen molar-refractivity contribution in [3.8, 4) is 0 Å². The third-order valence-electron chi connectivity index (χ3n) is 3.44. The van der Waals surface area contributed by atoms with Crippen molar-refractivity contribution < 1.29 is 5.21 Å². The molecule has 3 N–H and O–H groups in total. The zero-order chi connectivity index (χ0) is 12.2. The van der Waals surface area contributed by atoms with Crippen LogP contribution >= 0.6 is 0 Å². The summed E-state index contributed by atoms with van der Waals surface area (Å²) in [5.41, 5.74) is 5.37. The second-order valence-electron chi connectivity index (χ2n) is 4.87. The molecule has 94 valence electrons. The van der Waals surface area contributed by atoms with Gasteiger partial charge in [-0.25, -0.2) is 0 Å². The number of oxime groups is 1. The highest BCUT2D eigenvalue weighted by Crippen LogP contribution is 2.17. The van der Waals surface area contributed by atoms with E-state index in [1.165, 1.54) is 6.42 Å². The molecule has 0 radical (unpaired) electrons. The molecular weight excluding hydrogens is 204 g/mol. The van der Waals surface area contributed by atoms with Crippen LogP contribution in [0.3, 0.4) is 0 Å². The second kappa shape index (κ2) is 5.50. The Balaban J connectivity index is 2.53. The number of amidine groups is 1. The molecule has 1 aliphatic rings. The Hall–Kier alpha value is -0.810. The monoisotopic (exact) mass is 228 g/mol. The highest BCUT2D eigenvalue weighted by atomic mass is 16.4. The van der Waals surface area contributed by atoms with Crippen LogP contribution in [0.4, 0.5) is 0 Å². The van der Waals surface area contributed by atoms with E-state index < -0.39 is 0 Å². The van der Waals surface area contributed by atoms with E-state index in [2.05, 4.69) is 21.9 Å². The topological polar surface area (TPSA) is 65.1 Å². The van der Waals surface area contributed by atoms with Crippen molar-refractivity contribution in [2.24, 2.45) is 10.9 Å². The number of hydrogen-bond acceptors (Lipinski definition) is 4. The summed E-state index contributed by atoms with van der Waals surface area (Å²) in [5, 5.41) is 11.9. The summed E-state index contributed by atoms with van der Waals surface area (Å²) in [6.07, 6.45) is 1.20. The van der Waals surface area contributed by atoms with Gasteiger partial charge in [0.15, 0.2) is 5.84 Å². The third-order valence-corrected chi connectivity index (χ3v) is 3.44. The van der Waals surface area contributed by atoms with Gasteiger partial charge < -0.3 is 15.8 Å². The zero-order valence-electron chi connectivity index (χ0n) is 10.6. The smallest absolute Gasteiger partial charge is 0.159 e. The van der Waals surface area contributed by atoms with Crippen molar-refractivity contribution in [2.45, 2.75) is 32.7 Å². The molecule has 0 aliphatic carbocycles. The molecule has 16 heavy (non-hydrogen) atoms. The fourth-order valence-electron chi connectivity index (χ4n) is 2.13.